The molecule has 1 amide bonds. The number of nitrogens with one attached hydrogen (secondary N) is 1. The van der Waals surface area contributed by atoms with Crippen LogP contribution >= 0.6 is 0 Å². The van der Waals surface area contributed by atoms with Crippen LogP contribution in [0.4, 0.5) is 10.2 Å². The summed E-state index contributed by atoms with van der Waals surface area (Å²) in [5.74, 6) is -0.0354. The molecule has 0 aliphatic carbocycles. The van der Waals surface area contributed by atoms with Crippen molar-refractivity contribution in [3.05, 3.63) is 93.4 Å². The molecule has 0 saturated carbocycles. The minimum atomic E-state index is -0.411. The minimum Gasteiger partial charge on any atom is -0.347 e. The minimum absolute atomic E-state index is 0.115. The number of imidazole rings is 1. The lowest BCUT2D eigenvalue weighted by Crippen LogP contribution is -2.40. The summed E-state index contributed by atoms with van der Waals surface area (Å²) in [4.78, 5) is 32.1. The molecule has 5 rings (SSSR count). The summed E-state index contributed by atoms with van der Waals surface area (Å²) in [6.07, 6.45) is 3.98. The molecule has 4 aromatic rings. The molecular weight excluding hydrogens is 435 g/mol. The van der Waals surface area contributed by atoms with E-state index in [9.17, 15) is 14.0 Å². The van der Waals surface area contributed by atoms with Gasteiger partial charge in [0.15, 0.2) is 5.65 Å². The molecule has 1 fully saturated rings. The quantitative estimate of drug-likeness (QED) is 0.506. The van der Waals surface area contributed by atoms with Crippen LogP contribution in [0, 0.1) is 19.7 Å². The average molecular weight is 461 g/mol. The Morgan fingerprint density at radius 2 is 2.00 bits per heavy atom. The standard InChI is InChI=1S/C25H25FN6O2/c1-15-11-20(25(34)30(3)16(15)2)24(33)28-19-13-21(17-5-4-6-18(26)12-17)31(14-19)23-8-7-22-27-9-10-32(22)29-23/h4-12,19,21H,13-14H2,1-3H3,(H,28,33)/t19-,21+/m0/s1. The number of carbonyl (C=O) groups excluding carboxylic acids is 1. The first-order chi connectivity index (χ1) is 16.3. The van der Waals surface area contributed by atoms with E-state index in [4.69, 9.17) is 0 Å². The molecule has 0 radical (unpaired) electrons. The SMILES string of the molecule is Cc1cc(C(=O)N[C@H]2C[C@H](c3cccc(F)c3)N(c3ccc4nccn4n3)C2)c(=O)n(C)c1C. The summed E-state index contributed by atoms with van der Waals surface area (Å²) in [7, 11) is 1.66. The van der Waals surface area contributed by atoms with Crippen LogP contribution in [0.2, 0.25) is 0 Å². The normalized spacial score (nSPS) is 17.9. The number of aryl methyl sites for hydroxylation is 1. The Morgan fingerprint density at radius 3 is 2.79 bits per heavy atom. The monoisotopic (exact) mass is 460 g/mol. The fraction of sp³-hybridized carbons (Fsp3) is 0.280. The van der Waals surface area contributed by atoms with E-state index in [0.717, 1.165) is 22.5 Å². The first-order valence-corrected chi connectivity index (χ1v) is 11.1. The molecule has 2 atom stereocenters. The van der Waals surface area contributed by atoms with Gasteiger partial charge < -0.3 is 14.8 Å². The van der Waals surface area contributed by atoms with Gasteiger partial charge in [-0.15, -0.1) is 5.10 Å². The van der Waals surface area contributed by atoms with Gasteiger partial charge in [0.25, 0.3) is 11.5 Å². The van der Waals surface area contributed by atoms with Crippen molar-refractivity contribution < 1.29 is 9.18 Å². The van der Waals surface area contributed by atoms with Gasteiger partial charge in [0, 0.05) is 37.7 Å². The molecule has 1 aliphatic rings. The third kappa shape index (κ3) is 3.83. The number of rotatable bonds is 4. The van der Waals surface area contributed by atoms with E-state index in [1.807, 2.05) is 32.0 Å². The van der Waals surface area contributed by atoms with Crippen LogP contribution < -0.4 is 15.8 Å². The number of carbonyl (C=O) groups is 1. The summed E-state index contributed by atoms with van der Waals surface area (Å²) >= 11 is 0. The van der Waals surface area contributed by atoms with Gasteiger partial charge >= 0.3 is 0 Å². The molecule has 8 nitrogen and oxygen atoms in total. The Kier molecular flexibility index (Phi) is 5.39. The highest BCUT2D eigenvalue weighted by Crippen LogP contribution is 2.35. The highest BCUT2D eigenvalue weighted by molar-refractivity contribution is 5.94. The van der Waals surface area contributed by atoms with Gasteiger partial charge in [0.05, 0.1) is 6.04 Å². The van der Waals surface area contributed by atoms with Gasteiger partial charge in [-0.1, -0.05) is 12.1 Å². The van der Waals surface area contributed by atoms with E-state index in [-0.39, 0.29) is 29.0 Å². The van der Waals surface area contributed by atoms with Crippen LogP contribution in [0.15, 0.2) is 59.7 Å². The lowest BCUT2D eigenvalue weighted by atomic mass is 10.0. The largest absolute Gasteiger partial charge is 0.347 e. The molecule has 1 aliphatic heterocycles. The fourth-order valence-electron chi connectivity index (χ4n) is 4.59. The topological polar surface area (TPSA) is 84.5 Å². The van der Waals surface area contributed by atoms with E-state index in [1.54, 1.807) is 36.1 Å². The predicted molar refractivity (Wildman–Crippen MR) is 127 cm³/mol. The number of amides is 1. The molecular formula is C25H25FN6O2. The van der Waals surface area contributed by atoms with Crippen LogP contribution in [0.5, 0.6) is 0 Å². The second kappa shape index (κ2) is 8.40. The molecule has 9 heteroatoms. The van der Waals surface area contributed by atoms with Crippen molar-refractivity contribution in [3.63, 3.8) is 0 Å². The van der Waals surface area contributed by atoms with Crippen LogP contribution in [-0.2, 0) is 7.05 Å². The maximum Gasteiger partial charge on any atom is 0.263 e. The molecule has 34 heavy (non-hydrogen) atoms. The number of aromatic nitrogens is 4. The molecule has 0 unspecified atom stereocenters. The van der Waals surface area contributed by atoms with Crippen molar-refractivity contribution in [3.8, 4) is 0 Å². The zero-order valence-corrected chi connectivity index (χ0v) is 19.2. The molecule has 0 bridgehead atoms. The number of benzene rings is 1. The summed E-state index contributed by atoms with van der Waals surface area (Å²) in [5, 5.41) is 7.68. The van der Waals surface area contributed by atoms with Crippen molar-refractivity contribution in [1.82, 2.24) is 24.5 Å². The van der Waals surface area contributed by atoms with Gasteiger partial charge in [0.2, 0.25) is 0 Å². The van der Waals surface area contributed by atoms with Gasteiger partial charge in [-0.25, -0.2) is 13.9 Å². The van der Waals surface area contributed by atoms with Crippen LogP contribution in [0.3, 0.4) is 0 Å². The van der Waals surface area contributed by atoms with Crippen molar-refractivity contribution in [2.75, 3.05) is 11.4 Å². The van der Waals surface area contributed by atoms with Gasteiger partial charge in [-0.3, -0.25) is 9.59 Å². The van der Waals surface area contributed by atoms with Gasteiger partial charge in [-0.2, -0.15) is 0 Å². The molecule has 1 saturated heterocycles. The number of hydrogen-bond acceptors (Lipinski definition) is 5. The first-order valence-electron chi connectivity index (χ1n) is 11.1. The number of pyridine rings is 1. The van der Waals surface area contributed by atoms with Crippen molar-refractivity contribution in [2.45, 2.75) is 32.4 Å². The molecule has 4 heterocycles. The lowest BCUT2D eigenvalue weighted by molar-refractivity contribution is 0.0937. The summed E-state index contributed by atoms with van der Waals surface area (Å²) in [5.41, 5.74) is 3.00. The maximum atomic E-state index is 14.0. The van der Waals surface area contributed by atoms with Gasteiger partial charge in [0.1, 0.15) is 17.2 Å². The average Bonchev–Trinajstić information content (AvgIpc) is 3.46. The van der Waals surface area contributed by atoms with E-state index in [0.29, 0.717) is 18.8 Å². The molecule has 1 aromatic carbocycles. The predicted octanol–water partition coefficient (Wildman–Crippen LogP) is 2.93. The zero-order valence-electron chi connectivity index (χ0n) is 19.2. The summed E-state index contributed by atoms with van der Waals surface area (Å²) < 4.78 is 17.2. The molecule has 3 aromatic heterocycles. The first kappa shape index (κ1) is 21.8. The summed E-state index contributed by atoms with van der Waals surface area (Å²) in [6, 6.07) is 11.4. The van der Waals surface area contributed by atoms with Crippen molar-refractivity contribution >= 4 is 17.4 Å². The molecule has 1 N–H and O–H groups in total. The van der Waals surface area contributed by atoms with E-state index < -0.39 is 5.91 Å². The van der Waals surface area contributed by atoms with E-state index in [2.05, 4.69) is 20.3 Å². The Hall–Kier alpha value is -4.01. The van der Waals surface area contributed by atoms with Crippen molar-refractivity contribution in [1.29, 1.82) is 0 Å². The third-order valence-electron chi connectivity index (χ3n) is 6.62. The van der Waals surface area contributed by atoms with E-state index >= 15 is 0 Å². The Labute approximate surface area is 195 Å². The summed E-state index contributed by atoms with van der Waals surface area (Å²) in [6.45, 7) is 4.19. The molecule has 174 valence electrons. The zero-order chi connectivity index (χ0) is 24.0. The van der Waals surface area contributed by atoms with Crippen LogP contribution in [0.1, 0.15) is 39.6 Å². The second-order valence-corrected chi connectivity index (χ2v) is 8.74. The number of nitrogens with zero attached hydrogens (tertiary/aromatic N) is 5. The maximum absolute atomic E-state index is 14.0. The van der Waals surface area contributed by atoms with Crippen LogP contribution in [0.25, 0.3) is 5.65 Å². The molecule has 0 spiro atoms. The van der Waals surface area contributed by atoms with Gasteiger partial charge in [-0.05, 0) is 61.7 Å². The van der Waals surface area contributed by atoms with E-state index in [1.165, 1.54) is 16.7 Å². The third-order valence-corrected chi connectivity index (χ3v) is 6.62. The Balaban J connectivity index is 1.46. The number of anilines is 1. The smallest absolute Gasteiger partial charge is 0.263 e. The van der Waals surface area contributed by atoms with Crippen LogP contribution in [-0.4, -0.2) is 37.7 Å². The Morgan fingerprint density at radius 1 is 1.18 bits per heavy atom. The number of halogens is 1. The lowest BCUT2D eigenvalue weighted by Gasteiger charge is -2.25. The number of fused-ring (bicyclic) bond motifs is 1. The number of hydrogen-bond donors (Lipinski definition) is 1. The second-order valence-electron chi connectivity index (χ2n) is 8.74. The van der Waals surface area contributed by atoms with Crippen molar-refractivity contribution in [2.24, 2.45) is 7.05 Å². The highest BCUT2D eigenvalue weighted by Gasteiger charge is 2.35. The fourth-order valence-corrected chi connectivity index (χ4v) is 4.59. The Bertz CT molecular complexity index is 1460. The highest BCUT2D eigenvalue weighted by atomic mass is 19.1.